The molecule has 158 valence electrons. The Morgan fingerprint density at radius 2 is 2.00 bits per heavy atom. The molecule has 30 heavy (non-hydrogen) atoms. The van der Waals surface area contributed by atoms with E-state index in [1.807, 2.05) is 12.3 Å². The maximum Gasteiger partial charge on any atom is 0.119 e. The average Bonchev–Trinajstić information content (AvgIpc) is 3.35. The Bertz CT molecular complexity index is 1010. The van der Waals surface area contributed by atoms with Crippen molar-refractivity contribution in [1.29, 1.82) is 0 Å². The second-order valence-corrected chi connectivity index (χ2v) is 8.27. The number of pyridine rings is 1. The number of ether oxygens (including phenoxy) is 1. The summed E-state index contributed by atoms with van der Waals surface area (Å²) in [6.07, 6.45) is 5.30. The lowest BCUT2D eigenvalue weighted by atomic mass is 10.0. The molecular weight excluding hydrogens is 372 g/mol. The van der Waals surface area contributed by atoms with Crippen LogP contribution in [0.15, 0.2) is 42.6 Å². The highest BCUT2D eigenvalue weighted by Crippen LogP contribution is 2.33. The van der Waals surface area contributed by atoms with E-state index in [4.69, 9.17) is 9.72 Å². The van der Waals surface area contributed by atoms with Gasteiger partial charge in [0, 0.05) is 30.0 Å². The molecule has 4 rings (SSSR count). The SMILES string of the molecule is CCn1ncc(CN2CCC[C@H]2c2cc(Cc3cccc(OC)c3)cc(C)n2)c1C. The Balaban J connectivity index is 1.55. The molecule has 0 bridgehead atoms. The van der Waals surface area contributed by atoms with E-state index in [-0.39, 0.29) is 0 Å². The summed E-state index contributed by atoms with van der Waals surface area (Å²) in [6, 6.07) is 13.2. The van der Waals surface area contributed by atoms with Crippen LogP contribution in [0, 0.1) is 13.8 Å². The van der Waals surface area contributed by atoms with Gasteiger partial charge in [-0.25, -0.2) is 0 Å². The van der Waals surface area contributed by atoms with Gasteiger partial charge in [0.2, 0.25) is 0 Å². The molecule has 0 radical (unpaired) electrons. The number of benzene rings is 1. The van der Waals surface area contributed by atoms with Crippen molar-refractivity contribution in [2.45, 2.75) is 59.2 Å². The zero-order valence-corrected chi connectivity index (χ0v) is 18.6. The minimum atomic E-state index is 0.373. The number of aromatic nitrogens is 3. The second-order valence-electron chi connectivity index (χ2n) is 8.27. The third-order valence-electron chi connectivity index (χ3n) is 6.16. The molecule has 1 aromatic carbocycles. The monoisotopic (exact) mass is 404 g/mol. The van der Waals surface area contributed by atoms with E-state index in [1.165, 1.54) is 34.5 Å². The number of methoxy groups -OCH3 is 1. The summed E-state index contributed by atoms with van der Waals surface area (Å²) in [5.74, 6) is 0.906. The highest BCUT2D eigenvalue weighted by atomic mass is 16.5. The van der Waals surface area contributed by atoms with Crippen LogP contribution in [0.25, 0.3) is 0 Å². The lowest BCUT2D eigenvalue weighted by Gasteiger charge is -2.24. The molecule has 1 atom stereocenters. The lowest BCUT2D eigenvalue weighted by molar-refractivity contribution is 0.243. The molecule has 3 aromatic rings. The van der Waals surface area contributed by atoms with Gasteiger partial charge in [0.15, 0.2) is 0 Å². The van der Waals surface area contributed by atoms with Crippen molar-refractivity contribution in [2.24, 2.45) is 0 Å². The average molecular weight is 405 g/mol. The number of likely N-dealkylation sites (tertiary alicyclic amines) is 1. The van der Waals surface area contributed by atoms with Gasteiger partial charge in [-0.05, 0) is 82.0 Å². The highest BCUT2D eigenvalue weighted by molar-refractivity contribution is 5.34. The van der Waals surface area contributed by atoms with Gasteiger partial charge < -0.3 is 4.74 Å². The van der Waals surface area contributed by atoms with Gasteiger partial charge in [-0.3, -0.25) is 14.6 Å². The van der Waals surface area contributed by atoms with Crippen LogP contribution in [0.4, 0.5) is 0 Å². The molecule has 1 aliphatic rings. The summed E-state index contributed by atoms with van der Waals surface area (Å²) in [5, 5.41) is 4.53. The molecule has 5 nitrogen and oxygen atoms in total. The van der Waals surface area contributed by atoms with Crippen LogP contribution in [0.1, 0.15) is 59.6 Å². The van der Waals surface area contributed by atoms with Crippen molar-refractivity contribution in [3.05, 3.63) is 76.4 Å². The van der Waals surface area contributed by atoms with Crippen LogP contribution >= 0.6 is 0 Å². The van der Waals surface area contributed by atoms with E-state index in [9.17, 15) is 0 Å². The molecule has 0 amide bonds. The van der Waals surface area contributed by atoms with Crippen LogP contribution in [-0.4, -0.2) is 33.3 Å². The predicted molar refractivity (Wildman–Crippen MR) is 120 cm³/mol. The molecule has 1 aliphatic heterocycles. The van der Waals surface area contributed by atoms with Gasteiger partial charge in [-0.2, -0.15) is 5.10 Å². The third kappa shape index (κ3) is 4.41. The minimum Gasteiger partial charge on any atom is -0.497 e. The fraction of sp³-hybridized carbons (Fsp3) is 0.440. The Kier molecular flexibility index (Phi) is 6.18. The Labute approximate surface area is 179 Å². The zero-order valence-electron chi connectivity index (χ0n) is 18.6. The number of aryl methyl sites for hydroxylation is 2. The van der Waals surface area contributed by atoms with Crippen molar-refractivity contribution in [1.82, 2.24) is 19.7 Å². The first-order chi connectivity index (χ1) is 14.6. The Morgan fingerprint density at radius 3 is 2.77 bits per heavy atom. The standard InChI is InChI=1S/C25H32N4O/c1-5-29-19(3)22(16-26-29)17-28-11-7-10-25(28)24-15-21(12-18(2)27-24)13-20-8-6-9-23(14-20)30-4/h6,8-9,12,14-16,25H,5,7,10-11,13,17H2,1-4H3/t25-/m0/s1. The number of hydrogen-bond donors (Lipinski definition) is 0. The van der Waals surface area contributed by atoms with Crippen LogP contribution in [0.2, 0.25) is 0 Å². The van der Waals surface area contributed by atoms with E-state index in [0.717, 1.165) is 43.9 Å². The second kappa shape index (κ2) is 9.00. The normalized spacial score (nSPS) is 16.9. The molecule has 5 heteroatoms. The van der Waals surface area contributed by atoms with Gasteiger partial charge in [-0.1, -0.05) is 12.1 Å². The number of hydrogen-bond acceptors (Lipinski definition) is 4. The predicted octanol–water partition coefficient (Wildman–Crippen LogP) is 4.85. The van der Waals surface area contributed by atoms with E-state index < -0.39 is 0 Å². The molecule has 2 aromatic heterocycles. The van der Waals surface area contributed by atoms with Gasteiger partial charge >= 0.3 is 0 Å². The summed E-state index contributed by atoms with van der Waals surface area (Å²) in [6.45, 7) is 9.40. The molecule has 0 spiro atoms. The fourth-order valence-electron chi connectivity index (χ4n) is 4.59. The summed E-state index contributed by atoms with van der Waals surface area (Å²) in [5.41, 5.74) is 7.47. The number of rotatable bonds is 7. The van der Waals surface area contributed by atoms with Gasteiger partial charge in [-0.15, -0.1) is 0 Å². The summed E-state index contributed by atoms with van der Waals surface area (Å²) in [4.78, 5) is 7.51. The van der Waals surface area contributed by atoms with E-state index in [1.54, 1.807) is 7.11 Å². The van der Waals surface area contributed by atoms with E-state index in [2.05, 4.69) is 65.8 Å². The third-order valence-corrected chi connectivity index (χ3v) is 6.16. The first-order valence-electron chi connectivity index (χ1n) is 10.9. The number of nitrogens with zero attached hydrogens (tertiary/aromatic N) is 4. The maximum absolute atomic E-state index is 5.39. The van der Waals surface area contributed by atoms with Crippen molar-refractivity contribution in [3.8, 4) is 5.75 Å². The minimum absolute atomic E-state index is 0.373. The molecule has 0 unspecified atom stereocenters. The maximum atomic E-state index is 5.39. The molecule has 1 saturated heterocycles. The van der Waals surface area contributed by atoms with Gasteiger partial charge in [0.05, 0.1) is 25.0 Å². The summed E-state index contributed by atoms with van der Waals surface area (Å²) < 4.78 is 7.47. The molecule has 0 N–H and O–H groups in total. The first-order valence-corrected chi connectivity index (χ1v) is 10.9. The Hall–Kier alpha value is -2.66. The molecule has 1 fully saturated rings. The molecule has 3 heterocycles. The molecule has 0 aliphatic carbocycles. The quantitative estimate of drug-likeness (QED) is 0.564. The van der Waals surface area contributed by atoms with Crippen LogP contribution in [0.3, 0.4) is 0 Å². The van der Waals surface area contributed by atoms with Crippen molar-refractivity contribution < 1.29 is 4.74 Å². The van der Waals surface area contributed by atoms with Gasteiger partial charge in [0.25, 0.3) is 0 Å². The van der Waals surface area contributed by atoms with Crippen molar-refractivity contribution in [3.63, 3.8) is 0 Å². The van der Waals surface area contributed by atoms with E-state index >= 15 is 0 Å². The van der Waals surface area contributed by atoms with Crippen molar-refractivity contribution >= 4 is 0 Å². The van der Waals surface area contributed by atoms with E-state index in [0.29, 0.717) is 6.04 Å². The smallest absolute Gasteiger partial charge is 0.119 e. The largest absolute Gasteiger partial charge is 0.497 e. The summed E-state index contributed by atoms with van der Waals surface area (Å²) in [7, 11) is 1.72. The van der Waals surface area contributed by atoms with Crippen LogP contribution < -0.4 is 4.74 Å². The zero-order chi connectivity index (χ0) is 21.1. The summed E-state index contributed by atoms with van der Waals surface area (Å²) >= 11 is 0. The highest BCUT2D eigenvalue weighted by Gasteiger charge is 2.28. The van der Waals surface area contributed by atoms with Crippen molar-refractivity contribution in [2.75, 3.05) is 13.7 Å². The molecule has 0 saturated carbocycles. The molecular formula is C25H32N4O. The van der Waals surface area contributed by atoms with Crippen LogP contribution in [0.5, 0.6) is 5.75 Å². The van der Waals surface area contributed by atoms with Gasteiger partial charge in [0.1, 0.15) is 5.75 Å². The van der Waals surface area contributed by atoms with Crippen LogP contribution in [-0.2, 0) is 19.5 Å². The lowest BCUT2D eigenvalue weighted by Crippen LogP contribution is -2.24. The first kappa shape index (κ1) is 20.6. The fourth-order valence-corrected chi connectivity index (χ4v) is 4.59. The topological polar surface area (TPSA) is 43.2 Å². The Morgan fingerprint density at radius 1 is 1.13 bits per heavy atom.